The van der Waals surface area contributed by atoms with E-state index < -0.39 is 4.92 Å². The molecule has 0 saturated carbocycles. The van der Waals surface area contributed by atoms with Crippen LogP contribution < -0.4 is 10.2 Å². The topological polar surface area (TPSA) is 99.3 Å². The predicted octanol–water partition coefficient (Wildman–Crippen LogP) is 3.24. The Morgan fingerprint density at radius 1 is 1.35 bits per heavy atom. The summed E-state index contributed by atoms with van der Waals surface area (Å²) in [5.41, 5.74) is 0.738. The molecule has 0 unspecified atom stereocenters. The number of hydrogen-bond donors (Lipinski definition) is 1. The van der Waals surface area contributed by atoms with Crippen molar-refractivity contribution in [2.75, 3.05) is 18.0 Å². The number of rotatable bonds is 4. The van der Waals surface area contributed by atoms with E-state index in [1.54, 1.807) is 12.1 Å². The van der Waals surface area contributed by atoms with E-state index in [1.807, 2.05) is 30.0 Å². The maximum Gasteiger partial charge on any atom is 0.293 e. The molecule has 0 radical (unpaired) electrons. The van der Waals surface area contributed by atoms with Crippen LogP contribution in [0.15, 0.2) is 30.3 Å². The second-order valence-electron chi connectivity index (χ2n) is 6.22. The second kappa shape index (κ2) is 7.54. The zero-order valence-corrected chi connectivity index (χ0v) is 15.1. The Morgan fingerprint density at radius 3 is 2.65 bits per heavy atom. The number of piperidine rings is 1. The van der Waals surface area contributed by atoms with Crippen molar-refractivity contribution in [3.05, 3.63) is 55.8 Å². The molecule has 1 aromatic heterocycles. The first-order valence-corrected chi connectivity index (χ1v) is 9.10. The quantitative estimate of drug-likeness (QED) is 0.658. The summed E-state index contributed by atoms with van der Waals surface area (Å²) in [5.74, 6) is -0.0640. The standard InChI is InChI=1S/C18H18N4O3S/c1-12-2-5-17(26-12)18(23)20-14-6-8-21(9-7-14)15-4-3-13(11-19)10-16(15)22(24)25/h2-5,10,14H,6-9H2,1H3,(H,20,23). The molecule has 1 fully saturated rings. The SMILES string of the molecule is Cc1ccc(C(=O)NC2CCN(c3ccc(C#N)cc3[N+](=O)[O-])CC2)s1. The molecule has 1 amide bonds. The van der Waals surface area contributed by atoms with E-state index in [0.717, 1.165) is 4.88 Å². The van der Waals surface area contributed by atoms with Gasteiger partial charge in [0.15, 0.2) is 0 Å². The first kappa shape index (κ1) is 17.9. The fourth-order valence-electron chi connectivity index (χ4n) is 3.08. The van der Waals surface area contributed by atoms with Gasteiger partial charge in [0.25, 0.3) is 11.6 Å². The third kappa shape index (κ3) is 3.83. The molecule has 7 nitrogen and oxygen atoms in total. The number of hydrogen-bond acceptors (Lipinski definition) is 6. The molecule has 2 aromatic rings. The highest BCUT2D eigenvalue weighted by Crippen LogP contribution is 2.31. The van der Waals surface area contributed by atoms with Gasteiger partial charge in [-0.05, 0) is 44.0 Å². The number of amides is 1. The number of carbonyl (C=O) groups is 1. The van der Waals surface area contributed by atoms with Crippen LogP contribution in [0.25, 0.3) is 0 Å². The summed E-state index contributed by atoms with van der Waals surface area (Å²) in [6, 6.07) is 10.3. The molecule has 1 aliphatic heterocycles. The Hall–Kier alpha value is -2.92. The van der Waals surface area contributed by atoms with Crippen molar-refractivity contribution >= 4 is 28.6 Å². The minimum Gasteiger partial charge on any atom is -0.366 e. The molecule has 1 saturated heterocycles. The van der Waals surface area contributed by atoms with E-state index in [9.17, 15) is 14.9 Å². The van der Waals surface area contributed by atoms with Crippen molar-refractivity contribution in [2.45, 2.75) is 25.8 Å². The van der Waals surface area contributed by atoms with Gasteiger partial charge in [-0.25, -0.2) is 0 Å². The molecule has 1 aromatic carbocycles. The summed E-state index contributed by atoms with van der Waals surface area (Å²) < 4.78 is 0. The van der Waals surface area contributed by atoms with E-state index in [2.05, 4.69) is 5.32 Å². The average Bonchev–Trinajstić information content (AvgIpc) is 3.08. The monoisotopic (exact) mass is 370 g/mol. The molecule has 2 heterocycles. The Bertz CT molecular complexity index is 879. The van der Waals surface area contributed by atoms with Gasteiger partial charge in [-0.1, -0.05) is 0 Å². The van der Waals surface area contributed by atoms with Crippen LogP contribution in [0.3, 0.4) is 0 Å². The van der Waals surface area contributed by atoms with Crippen molar-refractivity contribution in [1.82, 2.24) is 5.32 Å². The molecule has 0 spiro atoms. The van der Waals surface area contributed by atoms with E-state index >= 15 is 0 Å². The van der Waals surface area contributed by atoms with Gasteiger partial charge in [0.05, 0.1) is 21.4 Å². The Balaban J connectivity index is 1.64. The van der Waals surface area contributed by atoms with Crippen molar-refractivity contribution in [2.24, 2.45) is 0 Å². The van der Waals surface area contributed by atoms with Crippen LogP contribution in [0, 0.1) is 28.4 Å². The number of carbonyl (C=O) groups excluding carboxylic acids is 1. The molecule has 0 atom stereocenters. The summed E-state index contributed by atoms with van der Waals surface area (Å²) in [6.45, 7) is 3.19. The molecule has 0 bridgehead atoms. The normalized spacial score (nSPS) is 14.7. The van der Waals surface area contributed by atoms with Crippen molar-refractivity contribution in [1.29, 1.82) is 5.26 Å². The zero-order chi connectivity index (χ0) is 18.7. The van der Waals surface area contributed by atoms with Gasteiger partial charge in [0, 0.05) is 30.1 Å². The van der Waals surface area contributed by atoms with Crippen molar-refractivity contribution in [3.63, 3.8) is 0 Å². The van der Waals surface area contributed by atoms with Crippen LogP contribution in [0.5, 0.6) is 0 Å². The predicted molar refractivity (Wildman–Crippen MR) is 99.6 cm³/mol. The lowest BCUT2D eigenvalue weighted by Gasteiger charge is -2.33. The second-order valence-corrected chi connectivity index (χ2v) is 7.51. The van der Waals surface area contributed by atoms with E-state index in [0.29, 0.717) is 36.5 Å². The molecule has 1 N–H and O–H groups in total. The number of nitriles is 1. The van der Waals surface area contributed by atoms with Gasteiger partial charge in [0.1, 0.15) is 5.69 Å². The Labute approximate surface area is 155 Å². The smallest absolute Gasteiger partial charge is 0.293 e. The van der Waals surface area contributed by atoms with Crippen LogP contribution in [0.2, 0.25) is 0 Å². The maximum absolute atomic E-state index is 12.3. The first-order chi connectivity index (χ1) is 12.5. The highest BCUT2D eigenvalue weighted by molar-refractivity contribution is 7.13. The summed E-state index contributed by atoms with van der Waals surface area (Å²) >= 11 is 1.47. The minimum atomic E-state index is -0.455. The highest BCUT2D eigenvalue weighted by atomic mass is 32.1. The molecule has 8 heteroatoms. The number of aryl methyl sites for hydroxylation is 1. The van der Waals surface area contributed by atoms with Crippen LogP contribution in [0.4, 0.5) is 11.4 Å². The van der Waals surface area contributed by atoms with Crippen LogP contribution >= 0.6 is 11.3 Å². The maximum atomic E-state index is 12.3. The molecule has 0 aliphatic carbocycles. The van der Waals surface area contributed by atoms with Crippen LogP contribution in [-0.2, 0) is 0 Å². The summed E-state index contributed by atoms with van der Waals surface area (Å²) in [6.07, 6.45) is 1.43. The number of anilines is 1. The zero-order valence-electron chi connectivity index (χ0n) is 14.3. The number of thiophene rings is 1. The minimum absolute atomic E-state index is 0.0543. The Morgan fingerprint density at radius 2 is 2.08 bits per heavy atom. The van der Waals surface area contributed by atoms with Gasteiger partial charge in [0.2, 0.25) is 0 Å². The number of benzene rings is 1. The van der Waals surface area contributed by atoms with Gasteiger partial charge in [-0.3, -0.25) is 14.9 Å². The van der Waals surface area contributed by atoms with Crippen molar-refractivity contribution < 1.29 is 9.72 Å². The fraction of sp³-hybridized carbons (Fsp3) is 0.333. The lowest BCUT2D eigenvalue weighted by Crippen LogP contribution is -2.44. The van der Waals surface area contributed by atoms with Crippen LogP contribution in [0.1, 0.15) is 33.0 Å². The molecule has 134 valence electrons. The lowest BCUT2D eigenvalue weighted by molar-refractivity contribution is -0.384. The molecule has 1 aliphatic rings. The van der Waals surface area contributed by atoms with E-state index in [-0.39, 0.29) is 23.2 Å². The number of nitro benzene ring substituents is 1. The summed E-state index contributed by atoms with van der Waals surface area (Å²) in [4.78, 5) is 26.9. The molecular formula is C18H18N4O3S. The fourth-order valence-corrected chi connectivity index (χ4v) is 3.86. The number of nitrogens with zero attached hydrogens (tertiary/aromatic N) is 3. The van der Waals surface area contributed by atoms with Gasteiger partial charge < -0.3 is 10.2 Å². The lowest BCUT2D eigenvalue weighted by atomic mass is 10.0. The molecular weight excluding hydrogens is 352 g/mol. The number of nitrogens with one attached hydrogen (secondary N) is 1. The highest BCUT2D eigenvalue weighted by Gasteiger charge is 2.26. The first-order valence-electron chi connectivity index (χ1n) is 8.28. The van der Waals surface area contributed by atoms with Gasteiger partial charge in [-0.2, -0.15) is 5.26 Å². The summed E-state index contributed by atoms with van der Waals surface area (Å²) in [5, 5.41) is 23.3. The summed E-state index contributed by atoms with van der Waals surface area (Å²) in [7, 11) is 0. The number of nitro groups is 1. The van der Waals surface area contributed by atoms with Gasteiger partial charge >= 0.3 is 0 Å². The third-order valence-corrected chi connectivity index (χ3v) is 5.44. The van der Waals surface area contributed by atoms with E-state index in [1.165, 1.54) is 17.4 Å². The van der Waals surface area contributed by atoms with Gasteiger partial charge in [-0.15, -0.1) is 11.3 Å². The third-order valence-electron chi connectivity index (χ3n) is 4.44. The van der Waals surface area contributed by atoms with Crippen LogP contribution in [-0.4, -0.2) is 30.0 Å². The largest absolute Gasteiger partial charge is 0.366 e. The van der Waals surface area contributed by atoms with Crippen molar-refractivity contribution in [3.8, 4) is 6.07 Å². The average molecular weight is 370 g/mol. The molecule has 3 rings (SSSR count). The molecule has 26 heavy (non-hydrogen) atoms. The Kier molecular flexibility index (Phi) is 5.19. The van der Waals surface area contributed by atoms with E-state index in [4.69, 9.17) is 5.26 Å².